The van der Waals surface area contributed by atoms with Crippen molar-refractivity contribution in [1.82, 2.24) is 10.3 Å². The number of aromatic nitrogens is 2. The number of rotatable bonds is 16. The van der Waals surface area contributed by atoms with E-state index < -0.39 is 11.2 Å². The normalized spacial score (nSPS) is 16.1. The fourth-order valence-corrected chi connectivity index (χ4v) is 11.0. The van der Waals surface area contributed by atoms with Crippen molar-refractivity contribution in [2.75, 3.05) is 0 Å². The average Bonchev–Trinajstić information content (AvgIpc) is 4.37. The average molecular weight is 1180 g/mol. The molecule has 3 N–H and O–H groups in total. The Balaban J connectivity index is 0.000000238. The van der Waals surface area contributed by atoms with Crippen molar-refractivity contribution < 1.29 is 72.2 Å². The number of hydrogen-bond donors (Lipinski definition) is 2. The van der Waals surface area contributed by atoms with Gasteiger partial charge in [-0.3, -0.25) is 4.79 Å². The quantitative estimate of drug-likeness (QED) is 0.0684. The molecule has 10 rings (SSSR count). The molecule has 79 heavy (non-hydrogen) atoms. The molecule has 2 aliphatic rings. The summed E-state index contributed by atoms with van der Waals surface area (Å²) in [7, 11) is 0. The maximum atomic E-state index is 10.7. The van der Waals surface area contributed by atoms with Gasteiger partial charge in [-0.1, -0.05) is 146 Å². The van der Waals surface area contributed by atoms with Crippen LogP contribution in [0.1, 0.15) is 115 Å². The summed E-state index contributed by atoms with van der Waals surface area (Å²) in [6, 6.07) is 38.0. The Morgan fingerprint density at radius 1 is 0.570 bits per heavy atom. The van der Waals surface area contributed by atoms with E-state index in [0.717, 1.165) is 24.0 Å². The molecule has 2 aliphatic carbocycles. The van der Waals surface area contributed by atoms with Gasteiger partial charge >= 0.3 is 25.0 Å². The molecule has 406 valence electrons. The van der Waals surface area contributed by atoms with Crippen molar-refractivity contribution in [3.63, 3.8) is 0 Å². The number of hydrogen-bond acceptors (Lipinski definition) is 13. The van der Waals surface area contributed by atoms with Crippen LogP contribution in [-0.4, -0.2) is 38.6 Å². The van der Waals surface area contributed by atoms with E-state index in [1.165, 1.54) is 16.7 Å². The number of ether oxygens (including phenoxy) is 3. The van der Waals surface area contributed by atoms with Crippen LogP contribution in [0, 0.1) is 6.92 Å². The molecule has 2 heterocycles. The third kappa shape index (κ3) is 14.9. The van der Waals surface area contributed by atoms with Crippen molar-refractivity contribution in [2.24, 2.45) is 0 Å². The van der Waals surface area contributed by atoms with Gasteiger partial charge in [-0.05, 0) is 154 Å². The van der Waals surface area contributed by atoms with Gasteiger partial charge in [-0.2, -0.15) is 9.59 Å². The van der Waals surface area contributed by atoms with Gasteiger partial charge in [0.25, 0.3) is 6.47 Å². The van der Waals surface area contributed by atoms with Gasteiger partial charge in [0.05, 0.1) is 31.2 Å². The third-order valence-corrected chi connectivity index (χ3v) is 15.1. The Kier molecular flexibility index (Phi) is 21.2. The number of carbonyl (C=O) groups excluding carboxylic acids is 3. The van der Waals surface area contributed by atoms with E-state index in [1.54, 1.807) is 82.3 Å². The molecular formula is C59H51Cl6LiN2O11. The first kappa shape index (κ1) is 62.6. The van der Waals surface area contributed by atoms with Crippen LogP contribution in [0.5, 0.6) is 17.2 Å². The van der Waals surface area contributed by atoms with Crippen LogP contribution in [0.4, 0.5) is 0 Å². The van der Waals surface area contributed by atoms with Crippen molar-refractivity contribution in [2.45, 2.75) is 95.5 Å². The predicted molar refractivity (Wildman–Crippen MR) is 297 cm³/mol. The molecule has 6 aromatic carbocycles. The summed E-state index contributed by atoms with van der Waals surface area (Å²) in [6.45, 7) is 9.12. The van der Waals surface area contributed by atoms with Crippen molar-refractivity contribution in [3.8, 4) is 39.8 Å². The summed E-state index contributed by atoms with van der Waals surface area (Å²) in [6.07, 6.45) is 2.31. The first-order valence-electron chi connectivity index (χ1n) is 24.1. The first-order chi connectivity index (χ1) is 36.7. The SMILES string of the molecule is CC(C)(O)c1onc(-c2c(Cl)cccc2Cl)c1COc1ccc(C2CC2c2ccc(OC=O)cc2)c(Cl)c1.Cc1ccc(C2CC2c2ccc(OCc3c(-c4c(Cl)cccc4Cl)noc3C(C)(C)O)cc2Cl)cc1.O=C=O.[Li+].[OH-]. The van der Waals surface area contributed by atoms with E-state index in [1.807, 2.05) is 42.5 Å². The second-order valence-corrected chi connectivity index (χ2v) is 22.1. The van der Waals surface area contributed by atoms with E-state index in [4.69, 9.17) is 102 Å². The second-order valence-electron chi connectivity index (χ2n) is 19.6. The minimum Gasteiger partial charge on any atom is -0.870 e. The zero-order valence-electron chi connectivity index (χ0n) is 43.5. The van der Waals surface area contributed by atoms with Gasteiger partial charge in [-0.15, -0.1) is 0 Å². The number of aliphatic hydroxyl groups is 2. The van der Waals surface area contributed by atoms with E-state index in [9.17, 15) is 15.0 Å². The Labute approximate surface area is 498 Å². The zero-order valence-corrected chi connectivity index (χ0v) is 48.1. The molecule has 2 aromatic heterocycles. The summed E-state index contributed by atoms with van der Waals surface area (Å²) in [4.78, 5) is 26.8. The largest absolute Gasteiger partial charge is 1.00 e. The smallest absolute Gasteiger partial charge is 0.870 e. The Hall–Kier alpha value is -5.59. The maximum Gasteiger partial charge on any atom is 1.00 e. The molecule has 0 amide bonds. The van der Waals surface area contributed by atoms with Crippen LogP contribution in [-0.2, 0) is 38.8 Å². The van der Waals surface area contributed by atoms with Gasteiger partial charge in [-0.25, -0.2) is 0 Å². The van der Waals surface area contributed by atoms with E-state index in [0.29, 0.717) is 111 Å². The molecule has 13 nitrogen and oxygen atoms in total. The Morgan fingerprint density at radius 2 is 0.924 bits per heavy atom. The van der Waals surface area contributed by atoms with Crippen LogP contribution in [0.2, 0.25) is 30.1 Å². The van der Waals surface area contributed by atoms with Gasteiger partial charge in [0.1, 0.15) is 53.1 Å². The van der Waals surface area contributed by atoms with Crippen molar-refractivity contribution in [1.29, 1.82) is 0 Å². The van der Waals surface area contributed by atoms with Gasteiger partial charge in [0.2, 0.25) is 0 Å². The molecule has 2 fully saturated rings. The number of benzene rings is 6. The minimum absolute atomic E-state index is 0. The first-order valence-corrected chi connectivity index (χ1v) is 26.4. The van der Waals surface area contributed by atoms with Crippen molar-refractivity contribution >= 4 is 82.2 Å². The second kappa shape index (κ2) is 26.8. The molecule has 4 atom stereocenters. The number of aryl methyl sites for hydroxylation is 1. The zero-order chi connectivity index (χ0) is 55.3. The standard InChI is InChI=1S/C29H24Cl3NO5.C29H26Cl3NO3.CO2.Li.H2O/c1-29(2,35)28-22(27(33-38-28)26-23(30)4-3-5-24(26)31)14-36-18-10-11-19(25(32)12-18)21-13-20(21)16-6-8-17(9-7-16)37-15-34;1-16-7-9-17(10-8-16)20-14-21(20)19-12-11-18(13-25(19)32)35-15-22-27(33-36-28(22)29(2,3)34)26-23(30)5-4-6-24(26)31;2-1-3;;/h3-12,15,20-21,35H,13-14H2,1-2H3;4-13,20-21,34H,14-15H2,1-3H3;;;1H2/q;;;+1;/p-1. The van der Waals surface area contributed by atoms with Crippen molar-refractivity contribution in [3.05, 3.63) is 202 Å². The van der Waals surface area contributed by atoms with Crippen LogP contribution in [0.3, 0.4) is 0 Å². The minimum atomic E-state index is -1.31. The number of halogens is 6. The van der Waals surface area contributed by atoms with Crippen LogP contribution in [0.15, 0.2) is 130 Å². The molecular weight excluding hydrogens is 1130 g/mol. The molecule has 2 saturated carbocycles. The summed E-state index contributed by atoms with van der Waals surface area (Å²) in [5, 5.41) is 32.7. The predicted octanol–water partition coefficient (Wildman–Crippen LogP) is 12.8. The monoisotopic (exact) mass is 1180 g/mol. The Bertz CT molecular complexity index is 3400. The topological polar surface area (TPSA) is 201 Å². The molecule has 0 radical (unpaired) electrons. The third-order valence-electron chi connectivity index (χ3n) is 13.2. The van der Waals surface area contributed by atoms with Gasteiger partial charge in [0.15, 0.2) is 11.5 Å². The summed E-state index contributed by atoms with van der Waals surface area (Å²) >= 11 is 39.1. The molecule has 8 aromatic rings. The fourth-order valence-electron chi connectivity index (χ4n) is 9.27. The molecule has 0 bridgehead atoms. The molecule has 0 saturated heterocycles. The van der Waals surface area contributed by atoms with Crippen LogP contribution >= 0.6 is 69.6 Å². The summed E-state index contributed by atoms with van der Waals surface area (Å²) in [5.41, 5.74) is 6.34. The molecule has 4 unspecified atom stereocenters. The van der Waals surface area contributed by atoms with Gasteiger partial charge in [0, 0.05) is 21.2 Å². The van der Waals surface area contributed by atoms with Crippen LogP contribution in [0.25, 0.3) is 22.5 Å². The molecule has 0 spiro atoms. The fraction of sp³-hybridized carbons (Fsp3) is 0.254. The summed E-state index contributed by atoms with van der Waals surface area (Å²) in [5.74, 6) is 3.77. The summed E-state index contributed by atoms with van der Waals surface area (Å²) < 4.78 is 28.1. The maximum absolute atomic E-state index is 10.7. The van der Waals surface area contributed by atoms with E-state index in [-0.39, 0.29) is 55.2 Å². The molecule has 20 heteroatoms. The number of carbonyl (C=O) groups is 1. The van der Waals surface area contributed by atoms with E-state index in [2.05, 4.69) is 41.5 Å². The van der Waals surface area contributed by atoms with E-state index >= 15 is 0 Å². The van der Waals surface area contributed by atoms with Crippen LogP contribution < -0.4 is 33.1 Å². The molecule has 0 aliphatic heterocycles. The van der Waals surface area contributed by atoms with Gasteiger partial charge < -0.3 is 38.9 Å². The number of nitrogens with zero attached hydrogens (tertiary/aromatic N) is 2. The Morgan fingerprint density at radius 3 is 1.27 bits per heavy atom.